The van der Waals surface area contributed by atoms with E-state index in [9.17, 15) is 9.59 Å². The lowest BCUT2D eigenvalue weighted by atomic mass is 9.85. The number of pyridine rings is 1. The predicted octanol–water partition coefficient (Wildman–Crippen LogP) is 2.41. The van der Waals surface area contributed by atoms with E-state index in [0.717, 1.165) is 58.3 Å². The fraction of sp³-hybridized carbons (Fsp3) is 0.545. The summed E-state index contributed by atoms with van der Waals surface area (Å²) in [5, 5.41) is 3.00. The highest BCUT2D eigenvalue weighted by Gasteiger charge is 2.31. The van der Waals surface area contributed by atoms with E-state index in [2.05, 4.69) is 33.2 Å². The van der Waals surface area contributed by atoms with Gasteiger partial charge in [-0.15, -0.1) is 0 Å². The summed E-state index contributed by atoms with van der Waals surface area (Å²) in [5.41, 5.74) is 2.68. The largest absolute Gasteiger partial charge is 0.451 e. The van der Waals surface area contributed by atoms with E-state index in [4.69, 9.17) is 4.42 Å². The molecule has 0 unspecified atom stereocenters. The van der Waals surface area contributed by atoms with Crippen LogP contribution in [0.15, 0.2) is 35.5 Å². The van der Waals surface area contributed by atoms with Gasteiger partial charge in [0.05, 0.1) is 0 Å². The number of nitrogens with one attached hydrogen (secondary N) is 1. The van der Waals surface area contributed by atoms with Crippen molar-refractivity contribution in [2.24, 2.45) is 5.92 Å². The second-order valence-corrected chi connectivity index (χ2v) is 8.22. The summed E-state index contributed by atoms with van der Waals surface area (Å²) in [6, 6.07) is 2.15. The molecule has 2 aromatic heterocycles. The Balaban J connectivity index is 1.27. The monoisotopic (exact) mass is 411 g/mol. The van der Waals surface area contributed by atoms with E-state index < -0.39 is 0 Å². The van der Waals surface area contributed by atoms with Crippen molar-refractivity contribution in [2.45, 2.75) is 45.1 Å². The topological polar surface area (TPSA) is 91.6 Å². The normalized spacial score (nSPS) is 22.4. The predicted molar refractivity (Wildman–Crippen MR) is 112 cm³/mol. The van der Waals surface area contributed by atoms with Crippen LogP contribution in [0.3, 0.4) is 0 Å². The first-order chi connectivity index (χ1) is 14.6. The van der Waals surface area contributed by atoms with Crippen LogP contribution in [0.25, 0.3) is 0 Å². The molecule has 0 spiro atoms. The van der Waals surface area contributed by atoms with E-state index in [0.29, 0.717) is 5.69 Å². The molecule has 1 saturated carbocycles. The number of aromatic nitrogens is 2. The molecule has 2 amide bonds. The van der Waals surface area contributed by atoms with E-state index in [1.807, 2.05) is 17.3 Å². The summed E-state index contributed by atoms with van der Waals surface area (Å²) in [5.74, 6) is 0.113. The van der Waals surface area contributed by atoms with Gasteiger partial charge in [-0.1, -0.05) is 0 Å². The van der Waals surface area contributed by atoms with E-state index in [-0.39, 0.29) is 23.8 Å². The third kappa shape index (κ3) is 4.63. The Labute approximate surface area is 176 Å². The Morgan fingerprint density at radius 2 is 1.97 bits per heavy atom. The summed E-state index contributed by atoms with van der Waals surface area (Å²) in [4.78, 5) is 37.7. The van der Waals surface area contributed by atoms with Gasteiger partial charge in [0, 0.05) is 56.2 Å². The number of anilines is 1. The fourth-order valence-electron chi connectivity index (χ4n) is 4.53. The van der Waals surface area contributed by atoms with Crippen molar-refractivity contribution in [1.29, 1.82) is 0 Å². The number of oxazole rings is 1. The molecule has 160 valence electrons. The molecular formula is C22H29N5O3. The van der Waals surface area contributed by atoms with Gasteiger partial charge in [-0.3, -0.25) is 14.6 Å². The molecular weight excluding hydrogens is 382 g/mol. The summed E-state index contributed by atoms with van der Waals surface area (Å²) in [7, 11) is 0. The molecule has 1 aliphatic carbocycles. The number of rotatable bonds is 4. The zero-order valence-electron chi connectivity index (χ0n) is 17.4. The molecule has 4 rings (SSSR count). The maximum Gasteiger partial charge on any atom is 0.273 e. The third-order valence-corrected chi connectivity index (χ3v) is 6.22. The van der Waals surface area contributed by atoms with Crippen molar-refractivity contribution in [3.8, 4) is 0 Å². The number of carbonyl (C=O) groups excluding carboxylic acids is 2. The Morgan fingerprint density at radius 3 is 2.70 bits per heavy atom. The lowest BCUT2D eigenvalue weighted by molar-refractivity contribution is -0.136. The molecule has 0 aromatic carbocycles. The highest BCUT2D eigenvalue weighted by molar-refractivity contribution is 5.92. The molecule has 2 aromatic rings. The van der Waals surface area contributed by atoms with Crippen LogP contribution in [0.4, 0.5) is 5.69 Å². The van der Waals surface area contributed by atoms with Gasteiger partial charge in [0.25, 0.3) is 5.91 Å². The summed E-state index contributed by atoms with van der Waals surface area (Å²) < 4.78 is 4.86. The van der Waals surface area contributed by atoms with Crippen LogP contribution in [0.5, 0.6) is 0 Å². The fourth-order valence-corrected chi connectivity index (χ4v) is 4.53. The van der Waals surface area contributed by atoms with Crippen molar-refractivity contribution < 1.29 is 14.0 Å². The van der Waals surface area contributed by atoms with Crippen LogP contribution in [-0.4, -0.2) is 58.9 Å². The quantitative estimate of drug-likeness (QED) is 0.831. The molecule has 8 heteroatoms. The summed E-state index contributed by atoms with van der Waals surface area (Å²) in [6.07, 6.45) is 10.5. The number of aryl methyl sites for hydroxylation is 1. The van der Waals surface area contributed by atoms with Crippen LogP contribution in [-0.2, 0) is 4.79 Å². The Hall–Kier alpha value is -2.90. The van der Waals surface area contributed by atoms with E-state index in [1.54, 1.807) is 0 Å². The van der Waals surface area contributed by atoms with Crippen molar-refractivity contribution in [3.05, 3.63) is 42.4 Å². The molecule has 3 heterocycles. The molecule has 0 radical (unpaired) electrons. The molecule has 1 saturated heterocycles. The molecule has 8 nitrogen and oxygen atoms in total. The van der Waals surface area contributed by atoms with Crippen LogP contribution < -0.4 is 10.2 Å². The summed E-state index contributed by atoms with van der Waals surface area (Å²) in [6.45, 7) is 5.44. The van der Waals surface area contributed by atoms with Gasteiger partial charge >= 0.3 is 0 Å². The van der Waals surface area contributed by atoms with Crippen molar-refractivity contribution >= 4 is 17.5 Å². The van der Waals surface area contributed by atoms with Crippen molar-refractivity contribution in [1.82, 2.24) is 20.2 Å². The molecule has 1 aliphatic heterocycles. The Bertz CT molecular complexity index is 861. The van der Waals surface area contributed by atoms with Gasteiger partial charge in [-0.2, -0.15) is 0 Å². The van der Waals surface area contributed by atoms with Gasteiger partial charge in [0.2, 0.25) is 5.91 Å². The van der Waals surface area contributed by atoms with Crippen LogP contribution >= 0.6 is 0 Å². The molecule has 2 aliphatic rings. The third-order valence-electron chi connectivity index (χ3n) is 6.22. The van der Waals surface area contributed by atoms with E-state index >= 15 is 0 Å². The zero-order chi connectivity index (χ0) is 20.9. The second kappa shape index (κ2) is 9.28. The van der Waals surface area contributed by atoms with Gasteiger partial charge in [0.15, 0.2) is 12.1 Å². The van der Waals surface area contributed by atoms with Gasteiger partial charge in [-0.05, 0) is 50.7 Å². The van der Waals surface area contributed by atoms with Gasteiger partial charge < -0.3 is 19.5 Å². The lowest BCUT2D eigenvalue weighted by Gasteiger charge is -2.32. The first-order valence-electron chi connectivity index (χ1n) is 10.7. The van der Waals surface area contributed by atoms with Crippen LogP contribution in [0, 0.1) is 12.8 Å². The minimum atomic E-state index is -0.211. The van der Waals surface area contributed by atoms with Gasteiger partial charge in [0.1, 0.15) is 6.26 Å². The smallest absolute Gasteiger partial charge is 0.273 e. The lowest BCUT2D eigenvalue weighted by Crippen LogP contribution is -2.43. The molecule has 2 fully saturated rings. The molecule has 0 atom stereocenters. The number of amides is 2. The van der Waals surface area contributed by atoms with Crippen molar-refractivity contribution in [2.75, 3.05) is 31.1 Å². The highest BCUT2D eigenvalue weighted by Crippen LogP contribution is 2.27. The maximum atomic E-state index is 13.1. The van der Waals surface area contributed by atoms with E-state index in [1.165, 1.54) is 23.9 Å². The highest BCUT2D eigenvalue weighted by atomic mass is 16.3. The first kappa shape index (κ1) is 20.4. The summed E-state index contributed by atoms with van der Waals surface area (Å²) >= 11 is 0. The maximum absolute atomic E-state index is 13.1. The number of carbonyl (C=O) groups is 2. The number of nitrogens with zero attached hydrogens (tertiary/aromatic N) is 4. The molecule has 30 heavy (non-hydrogen) atoms. The van der Waals surface area contributed by atoms with Gasteiger partial charge in [-0.25, -0.2) is 4.98 Å². The van der Waals surface area contributed by atoms with Crippen LogP contribution in [0.2, 0.25) is 0 Å². The Kier molecular flexibility index (Phi) is 6.30. The van der Waals surface area contributed by atoms with Crippen LogP contribution in [0.1, 0.15) is 48.2 Å². The Morgan fingerprint density at radius 1 is 1.13 bits per heavy atom. The minimum Gasteiger partial charge on any atom is -0.451 e. The number of hydrogen-bond donors (Lipinski definition) is 1. The standard InChI is InChI=1S/C22H29N5O3/c1-16-13-23-8-7-20(16)26-9-2-10-27(12-11-26)22(29)17-3-5-18(6-4-17)25-21(28)19-14-30-15-24-19/h7-8,13-15,17-18H,2-6,9-12H2,1H3,(H,25,28). The minimum absolute atomic E-state index is 0.0550. The molecule has 0 bridgehead atoms. The average molecular weight is 412 g/mol. The molecule has 1 N–H and O–H groups in total. The zero-order valence-corrected chi connectivity index (χ0v) is 17.4. The average Bonchev–Trinajstić information content (AvgIpc) is 3.20. The SMILES string of the molecule is Cc1cnccc1N1CCCN(C(=O)C2CCC(NC(=O)c3cocn3)CC2)CC1. The number of hydrogen-bond acceptors (Lipinski definition) is 6. The van der Waals surface area contributed by atoms with Crippen molar-refractivity contribution in [3.63, 3.8) is 0 Å². The second-order valence-electron chi connectivity index (χ2n) is 8.22. The first-order valence-corrected chi connectivity index (χ1v) is 10.7.